The molecule has 1 aliphatic heterocycles. The van der Waals surface area contributed by atoms with Gasteiger partial charge in [-0.05, 0) is 31.5 Å². The summed E-state index contributed by atoms with van der Waals surface area (Å²) >= 11 is 3.45. The first-order chi connectivity index (χ1) is 8.33. The van der Waals surface area contributed by atoms with Gasteiger partial charge in [-0.3, -0.25) is 5.10 Å². The molecular weight excluding hydrogens is 280 g/mol. The zero-order valence-corrected chi connectivity index (χ0v) is 10.9. The Balaban J connectivity index is 1.89. The molecule has 1 aromatic heterocycles. The quantitative estimate of drug-likeness (QED) is 0.895. The lowest BCUT2D eigenvalue weighted by Crippen LogP contribution is -2.14. The highest BCUT2D eigenvalue weighted by molar-refractivity contribution is 9.10. The first-order valence-electron chi connectivity index (χ1n) is 5.74. The third-order valence-electron chi connectivity index (χ3n) is 2.98. The molecule has 2 heterocycles. The Morgan fingerprint density at radius 1 is 1.35 bits per heavy atom. The smallest absolute Gasteiger partial charge is 0.181 e. The first kappa shape index (κ1) is 10.9. The van der Waals surface area contributed by atoms with Crippen molar-refractivity contribution in [2.24, 2.45) is 0 Å². The molecule has 5 heteroatoms. The largest absolute Gasteiger partial charge is 0.307 e. The first-order valence-corrected chi connectivity index (χ1v) is 6.54. The van der Waals surface area contributed by atoms with Crippen LogP contribution in [-0.4, -0.2) is 21.7 Å². The van der Waals surface area contributed by atoms with Gasteiger partial charge in [0.25, 0.3) is 0 Å². The summed E-state index contributed by atoms with van der Waals surface area (Å²) in [6, 6.07) is 8.36. The molecule has 1 aliphatic rings. The van der Waals surface area contributed by atoms with Gasteiger partial charge in [0.1, 0.15) is 5.82 Å². The van der Waals surface area contributed by atoms with Crippen LogP contribution in [0, 0.1) is 0 Å². The SMILES string of the molecule is Brc1cccc(-c2n[nH]c(C3CCCN3)n2)c1. The maximum absolute atomic E-state index is 4.55. The lowest BCUT2D eigenvalue weighted by Gasteiger charge is -2.03. The van der Waals surface area contributed by atoms with Gasteiger partial charge in [0, 0.05) is 10.0 Å². The summed E-state index contributed by atoms with van der Waals surface area (Å²) in [5, 5.41) is 10.7. The average Bonchev–Trinajstić information content (AvgIpc) is 3.00. The maximum atomic E-state index is 4.55. The number of halogens is 1. The Morgan fingerprint density at radius 2 is 2.29 bits per heavy atom. The van der Waals surface area contributed by atoms with Crippen LogP contribution in [0.4, 0.5) is 0 Å². The summed E-state index contributed by atoms with van der Waals surface area (Å²) in [5.41, 5.74) is 1.03. The topological polar surface area (TPSA) is 53.6 Å². The van der Waals surface area contributed by atoms with E-state index in [2.05, 4.69) is 36.4 Å². The molecule has 2 aromatic rings. The van der Waals surface area contributed by atoms with Crippen molar-refractivity contribution in [3.63, 3.8) is 0 Å². The number of nitrogens with one attached hydrogen (secondary N) is 2. The summed E-state index contributed by atoms with van der Waals surface area (Å²) in [5.74, 6) is 1.70. The van der Waals surface area contributed by atoms with Gasteiger partial charge in [0.2, 0.25) is 0 Å². The van der Waals surface area contributed by atoms with Crippen LogP contribution < -0.4 is 5.32 Å². The Labute approximate surface area is 108 Å². The molecule has 0 aliphatic carbocycles. The predicted octanol–water partition coefficient (Wildman–Crippen LogP) is 2.66. The molecule has 0 amide bonds. The number of aromatic nitrogens is 3. The van der Waals surface area contributed by atoms with E-state index in [0.29, 0.717) is 6.04 Å². The molecule has 1 aromatic carbocycles. The maximum Gasteiger partial charge on any atom is 0.181 e. The van der Waals surface area contributed by atoms with Crippen LogP contribution in [0.25, 0.3) is 11.4 Å². The van der Waals surface area contributed by atoms with Crippen LogP contribution in [0.3, 0.4) is 0 Å². The molecule has 3 rings (SSSR count). The van der Waals surface area contributed by atoms with Gasteiger partial charge in [-0.1, -0.05) is 28.1 Å². The van der Waals surface area contributed by atoms with E-state index < -0.39 is 0 Å². The number of H-pyrrole nitrogens is 1. The van der Waals surface area contributed by atoms with E-state index >= 15 is 0 Å². The summed E-state index contributed by atoms with van der Waals surface area (Å²) in [7, 11) is 0. The van der Waals surface area contributed by atoms with Crippen LogP contribution in [-0.2, 0) is 0 Å². The zero-order chi connectivity index (χ0) is 11.7. The molecular formula is C12H13BrN4. The molecule has 2 N–H and O–H groups in total. The minimum atomic E-state index is 0.336. The lowest BCUT2D eigenvalue weighted by molar-refractivity contribution is 0.608. The van der Waals surface area contributed by atoms with Gasteiger partial charge >= 0.3 is 0 Å². The lowest BCUT2D eigenvalue weighted by atomic mass is 10.2. The fourth-order valence-electron chi connectivity index (χ4n) is 2.10. The zero-order valence-electron chi connectivity index (χ0n) is 9.28. The molecule has 0 spiro atoms. The van der Waals surface area contributed by atoms with Crippen molar-refractivity contribution in [3.8, 4) is 11.4 Å². The number of nitrogens with zero attached hydrogens (tertiary/aromatic N) is 2. The van der Waals surface area contributed by atoms with Gasteiger partial charge < -0.3 is 5.32 Å². The normalized spacial score (nSPS) is 19.7. The van der Waals surface area contributed by atoms with Crippen molar-refractivity contribution in [2.75, 3.05) is 6.54 Å². The summed E-state index contributed by atoms with van der Waals surface area (Å²) in [6.07, 6.45) is 2.34. The molecule has 0 bridgehead atoms. The van der Waals surface area contributed by atoms with Crippen LogP contribution in [0.5, 0.6) is 0 Å². The van der Waals surface area contributed by atoms with E-state index in [1.54, 1.807) is 0 Å². The van der Waals surface area contributed by atoms with E-state index in [0.717, 1.165) is 34.7 Å². The highest BCUT2D eigenvalue weighted by Gasteiger charge is 2.20. The molecule has 1 fully saturated rings. The van der Waals surface area contributed by atoms with Crippen molar-refractivity contribution >= 4 is 15.9 Å². The molecule has 0 radical (unpaired) electrons. The Kier molecular flexibility index (Phi) is 2.94. The second kappa shape index (κ2) is 4.58. The van der Waals surface area contributed by atoms with Crippen LogP contribution in [0.1, 0.15) is 24.7 Å². The van der Waals surface area contributed by atoms with Gasteiger partial charge in [0.05, 0.1) is 6.04 Å². The second-order valence-corrected chi connectivity index (χ2v) is 5.12. The molecule has 1 unspecified atom stereocenters. The summed E-state index contributed by atoms with van der Waals surface area (Å²) in [6.45, 7) is 1.07. The van der Waals surface area contributed by atoms with E-state index in [9.17, 15) is 0 Å². The predicted molar refractivity (Wildman–Crippen MR) is 69.5 cm³/mol. The van der Waals surface area contributed by atoms with Gasteiger partial charge in [-0.2, -0.15) is 5.10 Å². The molecule has 4 nitrogen and oxygen atoms in total. The third kappa shape index (κ3) is 2.25. The van der Waals surface area contributed by atoms with Crippen molar-refractivity contribution in [3.05, 3.63) is 34.6 Å². The van der Waals surface area contributed by atoms with Crippen LogP contribution >= 0.6 is 15.9 Å². The minimum Gasteiger partial charge on any atom is -0.307 e. The number of rotatable bonds is 2. The van der Waals surface area contributed by atoms with E-state index in [-0.39, 0.29) is 0 Å². The fraction of sp³-hybridized carbons (Fsp3) is 0.333. The van der Waals surface area contributed by atoms with Crippen molar-refractivity contribution in [1.82, 2.24) is 20.5 Å². The van der Waals surface area contributed by atoms with E-state index in [1.807, 2.05) is 24.3 Å². The van der Waals surface area contributed by atoms with Crippen molar-refractivity contribution in [1.29, 1.82) is 0 Å². The molecule has 1 atom stereocenters. The highest BCUT2D eigenvalue weighted by Crippen LogP contribution is 2.23. The highest BCUT2D eigenvalue weighted by atomic mass is 79.9. The molecule has 17 heavy (non-hydrogen) atoms. The van der Waals surface area contributed by atoms with Crippen molar-refractivity contribution < 1.29 is 0 Å². The Bertz CT molecular complexity index is 517. The number of aromatic amines is 1. The van der Waals surface area contributed by atoms with Crippen molar-refractivity contribution in [2.45, 2.75) is 18.9 Å². The fourth-order valence-corrected chi connectivity index (χ4v) is 2.50. The monoisotopic (exact) mass is 292 g/mol. The molecule has 88 valence electrons. The van der Waals surface area contributed by atoms with Crippen LogP contribution in [0.15, 0.2) is 28.7 Å². The molecule has 1 saturated heterocycles. The van der Waals surface area contributed by atoms with Gasteiger partial charge in [-0.25, -0.2) is 4.98 Å². The standard InChI is InChI=1S/C12H13BrN4/c13-9-4-1-3-8(7-9)11-15-12(17-16-11)10-5-2-6-14-10/h1,3-4,7,10,14H,2,5-6H2,(H,15,16,17). The van der Waals surface area contributed by atoms with E-state index in [4.69, 9.17) is 0 Å². The number of benzene rings is 1. The number of hydrogen-bond donors (Lipinski definition) is 2. The summed E-state index contributed by atoms with van der Waals surface area (Å²) < 4.78 is 1.04. The van der Waals surface area contributed by atoms with E-state index in [1.165, 1.54) is 6.42 Å². The average molecular weight is 293 g/mol. The minimum absolute atomic E-state index is 0.336. The molecule has 0 saturated carbocycles. The third-order valence-corrected chi connectivity index (χ3v) is 3.47. The second-order valence-electron chi connectivity index (χ2n) is 4.20. The summed E-state index contributed by atoms with van der Waals surface area (Å²) in [4.78, 5) is 4.55. The Morgan fingerprint density at radius 3 is 3.06 bits per heavy atom. The van der Waals surface area contributed by atoms with Crippen LogP contribution in [0.2, 0.25) is 0 Å². The number of hydrogen-bond acceptors (Lipinski definition) is 3. The van der Waals surface area contributed by atoms with Gasteiger partial charge in [0.15, 0.2) is 5.82 Å². The Hall–Kier alpha value is -1.20. The van der Waals surface area contributed by atoms with Gasteiger partial charge in [-0.15, -0.1) is 0 Å².